The number of Topliss-reactive ketones (excluding diaryl/α,β-unsaturated/α-hetero) is 1. The number of carboxylic acid groups (broad SMARTS) is 1. The molecule has 2 N–H and O–H groups in total. The van der Waals surface area contributed by atoms with Gasteiger partial charge in [0.25, 0.3) is 0 Å². The number of carbonyl (C=O) groups is 2. The number of nitrogens with zero attached hydrogens (tertiary/aromatic N) is 2. The van der Waals surface area contributed by atoms with Gasteiger partial charge in [-0.25, -0.2) is 9.18 Å². The van der Waals surface area contributed by atoms with Crippen LogP contribution < -0.4 is 18.9 Å². The van der Waals surface area contributed by atoms with Crippen LogP contribution in [0.4, 0.5) is 4.39 Å². The Hall–Kier alpha value is -4.33. The van der Waals surface area contributed by atoms with E-state index in [1.54, 1.807) is 12.1 Å². The van der Waals surface area contributed by atoms with Crippen LogP contribution in [0.5, 0.6) is 23.0 Å². The first-order chi connectivity index (χ1) is 18.4. The molecular weight excluding hydrogens is 509 g/mol. The van der Waals surface area contributed by atoms with E-state index in [0.29, 0.717) is 17.5 Å². The number of amidine groups is 1. The zero-order valence-electron chi connectivity index (χ0n) is 22.6. The molecule has 3 rings (SSSR count). The van der Waals surface area contributed by atoms with Gasteiger partial charge in [-0.1, -0.05) is 20.8 Å². The molecule has 2 aromatic carbocycles. The lowest BCUT2D eigenvalue weighted by atomic mass is 9.84. The van der Waals surface area contributed by atoms with E-state index in [2.05, 4.69) is 0 Å². The Labute approximate surface area is 226 Å². The van der Waals surface area contributed by atoms with Crippen LogP contribution in [0.1, 0.15) is 60.7 Å². The number of ketones is 1. The summed E-state index contributed by atoms with van der Waals surface area (Å²) in [6.45, 7) is 5.13. The average molecular weight is 542 g/mol. The van der Waals surface area contributed by atoms with Crippen LogP contribution >= 0.6 is 0 Å². The number of carbonyl (C=O) groups excluding carboxylic acids is 1. The number of rotatable bonds is 12. The van der Waals surface area contributed by atoms with Gasteiger partial charge in [0.1, 0.15) is 5.84 Å². The summed E-state index contributed by atoms with van der Waals surface area (Å²) in [4.78, 5) is 26.2. The Morgan fingerprint density at radius 1 is 1.13 bits per heavy atom. The minimum Gasteiger partial charge on any atom is -0.493 e. The quantitative estimate of drug-likeness (QED) is 0.297. The number of unbranched alkanes of at least 4 members (excludes halogenated alkanes) is 1. The molecule has 0 spiro atoms. The molecule has 0 bridgehead atoms. The maximum absolute atomic E-state index is 15.1. The molecule has 0 atom stereocenters. The standard InChI is InChI=1S/C28H32FN3O7/c1-28(2,3)18-10-16(11-21(38-9-7-6-8-30)25(18)39-15-22(34)35)19(33)14-32-13-17-12-20(36-4)26(37-5)24(29)23(17)27(32)31/h10-12,31H,6-7,9,13-15H2,1-5H3,(H,34,35). The first-order valence-electron chi connectivity index (χ1n) is 12.3. The number of hydrogen-bond acceptors (Lipinski definition) is 8. The molecule has 1 aliphatic heterocycles. The summed E-state index contributed by atoms with van der Waals surface area (Å²) >= 11 is 0. The summed E-state index contributed by atoms with van der Waals surface area (Å²) in [6.07, 6.45) is 0.694. The molecule has 10 nitrogen and oxygen atoms in total. The van der Waals surface area contributed by atoms with Crippen molar-refractivity contribution in [3.8, 4) is 29.1 Å². The summed E-state index contributed by atoms with van der Waals surface area (Å²) in [7, 11) is 2.70. The fourth-order valence-electron chi connectivity index (χ4n) is 4.27. The van der Waals surface area contributed by atoms with Crippen molar-refractivity contribution in [1.82, 2.24) is 4.90 Å². The van der Waals surface area contributed by atoms with Gasteiger partial charge in [-0.2, -0.15) is 5.26 Å². The molecule has 0 amide bonds. The Bertz CT molecular complexity index is 1330. The van der Waals surface area contributed by atoms with E-state index in [4.69, 9.17) is 34.7 Å². The highest BCUT2D eigenvalue weighted by atomic mass is 19.1. The topological polar surface area (TPSA) is 142 Å². The number of fused-ring (bicyclic) bond motifs is 1. The van der Waals surface area contributed by atoms with Gasteiger partial charge in [0, 0.05) is 24.1 Å². The zero-order chi connectivity index (χ0) is 28.9. The molecule has 2 aromatic rings. The Balaban J connectivity index is 1.96. The fraction of sp³-hybridized carbons (Fsp3) is 0.429. The highest BCUT2D eigenvalue weighted by Crippen LogP contribution is 2.41. The maximum Gasteiger partial charge on any atom is 0.341 e. The molecule has 0 aliphatic carbocycles. The molecular formula is C28H32FN3O7. The predicted molar refractivity (Wildman–Crippen MR) is 140 cm³/mol. The molecule has 0 aromatic heterocycles. The minimum atomic E-state index is -1.17. The molecule has 0 unspecified atom stereocenters. The number of methoxy groups -OCH3 is 2. The van der Waals surface area contributed by atoms with Crippen molar-refractivity contribution in [2.24, 2.45) is 0 Å². The van der Waals surface area contributed by atoms with Crippen molar-refractivity contribution in [2.45, 2.75) is 45.6 Å². The van der Waals surface area contributed by atoms with Gasteiger partial charge in [-0.05, 0) is 35.6 Å². The van der Waals surface area contributed by atoms with E-state index < -0.39 is 23.8 Å². The number of nitriles is 1. The lowest BCUT2D eigenvalue weighted by Gasteiger charge is -2.26. The number of benzene rings is 2. The van der Waals surface area contributed by atoms with Crippen LogP contribution in [0.3, 0.4) is 0 Å². The molecule has 0 saturated heterocycles. The van der Waals surface area contributed by atoms with Gasteiger partial charge >= 0.3 is 5.97 Å². The van der Waals surface area contributed by atoms with Crippen LogP contribution in [0.15, 0.2) is 18.2 Å². The lowest BCUT2D eigenvalue weighted by Crippen LogP contribution is -2.30. The van der Waals surface area contributed by atoms with Gasteiger partial charge in [0.15, 0.2) is 41.2 Å². The second kappa shape index (κ2) is 12.0. The van der Waals surface area contributed by atoms with E-state index in [1.807, 2.05) is 26.8 Å². The third-order valence-electron chi connectivity index (χ3n) is 6.16. The van der Waals surface area contributed by atoms with E-state index in [0.717, 1.165) is 0 Å². The number of halogens is 1. The first kappa shape index (κ1) is 29.2. The summed E-state index contributed by atoms with van der Waals surface area (Å²) < 4.78 is 36.9. The largest absolute Gasteiger partial charge is 0.493 e. The summed E-state index contributed by atoms with van der Waals surface area (Å²) in [5.74, 6) is -1.93. The second-order valence-corrected chi connectivity index (χ2v) is 9.98. The number of aliphatic carboxylic acids is 1. The SMILES string of the molecule is COc1cc2c(c(F)c1OC)C(=N)N(CC(=O)c1cc(OCCCC#N)c(OCC(=O)O)c(C(C)(C)C)c1)C2. The molecule has 1 aliphatic rings. The summed E-state index contributed by atoms with van der Waals surface area (Å²) in [5, 5.41) is 26.5. The van der Waals surface area contributed by atoms with Crippen LogP contribution in [0.2, 0.25) is 0 Å². The van der Waals surface area contributed by atoms with Crippen molar-refractivity contribution in [2.75, 3.05) is 34.0 Å². The van der Waals surface area contributed by atoms with E-state index >= 15 is 4.39 Å². The van der Waals surface area contributed by atoms with E-state index in [1.165, 1.54) is 25.2 Å². The molecule has 0 saturated carbocycles. The van der Waals surface area contributed by atoms with Gasteiger partial charge in [-0.15, -0.1) is 0 Å². The maximum atomic E-state index is 15.1. The Kier molecular flexibility index (Phi) is 9.01. The number of hydrogen-bond donors (Lipinski definition) is 2. The van der Waals surface area contributed by atoms with Gasteiger partial charge in [-0.3, -0.25) is 10.2 Å². The Morgan fingerprint density at radius 2 is 1.85 bits per heavy atom. The Morgan fingerprint density at radius 3 is 2.44 bits per heavy atom. The summed E-state index contributed by atoms with van der Waals surface area (Å²) in [5.41, 5.74) is 0.816. The van der Waals surface area contributed by atoms with Crippen molar-refractivity contribution < 1.29 is 38.0 Å². The molecule has 0 radical (unpaired) electrons. The van der Waals surface area contributed by atoms with Crippen molar-refractivity contribution in [3.05, 3.63) is 46.3 Å². The lowest BCUT2D eigenvalue weighted by molar-refractivity contribution is -0.139. The van der Waals surface area contributed by atoms with Gasteiger partial charge < -0.3 is 29.0 Å². The highest BCUT2D eigenvalue weighted by molar-refractivity contribution is 6.06. The van der Waals surface area contributed by atoms with Crippen molar-refractivity contribution in [1.29, 1.82) is 10.7 Å². The molecule has 0 fully saturated rings. The third kappa shape index (κ3) is 6.39. The molecule has 1 heterocycles. The highest BCUT2D eigenvalue weighted by Gasteiger charge is 2.33. The van der Waals surface area contributed by atoms with Crippen molar-refractivity contribution >= 4 is 17.6 Å². The van der Waals surface area contributed by atoms with Gasteiger partial charge in [0.05, 0.1) is 39.0 Å². The van der Waals surface area contributed by atoms with E-state index in [-0.39, 0.29) is 71.9 Å². The zero-order valence-corrected chi connectivity index (χ0v) is 22.6. The summed E-state index contributed by atoms with van der Waals surface area (Å²) in [6, 6.07) is 6.73. The molecule has 208 valence electrons. The van der Waals surface area contributed by atoms with Crippen LogP contribution in [-0.4, -0.2) is 61.6 Å². The number of carboxylic acids is 1. The predicted octanol–water partition coefficient (Wildman–Crippen LogP) is 4.31. The fourth-order valence-corrected chi connectivity index (χ4v) is 4.27. The van der Waals surface area contributed by atoms with Crippen LogP contribution in [-0.2, 0) is 16.8 Å². The number of ether oxygens (including phenoxy) is 4. The normalized spacial score (nSPS) is 12.5. The van der Waals surface area contributed by atoms with E-state index in [9.17, 15) is 9.59 Å². The first-order valence-corrected chi connectivity index (χ1v) is 12.3. The average Bonchev–Trinajstić information content (AvgIpc) is 3.19. The third-order valence-corrected chi connectivity index (χ3v) is 6.16. The molecule has 39 heavy (non-hydrogen) atoms. The second-order valence-electron chi connectivity index (χ2n) is 9.98. The van der Waals surface area contributed by atoms with Gasteiger partial charge in [0.2, 0.25) is 0 Å². The molecule has 11 heteroatoms. The van der Waals surface area contributed by atoms with Crippen LogP contribution in [0.25, 0.3) is 0 Å². The van der Waals surface area contributed by atoms with Crippen LogP contribution in [0, 0.1) is 22.6 Å². The number of nitrogens with one attached hydrogen (secondary N) is 1. The van der Waals surface area contributed by atoms with Crippen molar-refractivity contribution in [3.63, 3.8) is 0 Å². The monoisotopic (exact) mass is 541 g/mol. The minimum absolute atomic E-state index is 0.0507. The smallest absolute Gasteiger partial charge is 0.341 e.